The second-order valence-electron chi connectivity index (χ2n) is 17.4. The van der Waals surface area contributed by atoms with E-state index in [1.807, 2.05) is 6.92 Å². The molecule has 0 unspecified atom stereocenters. The highest BCUT2D eigenvalue weighted by molar-refractivity contribution is 5.99. The Morgan fingerprint density at radius 3 is 1.71 bits per heavy atom. The fourth-order valence-electron chi connectivity index (χ4n) is 8.22. The number of aliphatic hydroxyl groups excluding tert-OH is 1. The van der Waals surface area contributed by atoms with Crippen LogP contribution in [0.25, 0.3) is 0 Å². The van der Waals surface area contributed by atoms with Gasteiger partial charge in [-0.1, -0.05) is 80.4 Å². The van der Waals surface area contributed by atoms with Gasteiger partial charge in [0, 0.05) is 25.9 Å². The molecular formula is C47H68N12O11. The van der Waals surface area contributed by atoms with Crippen LogP contribution in [0.4, 0.5) is 0 Å². The minimum atomic E-state index is -1.75. The number of primary amides is 1. The molecule has 70 heavy (non-hydrogen) atoms. The van der Waals surface area contributed by atoms with E-state index in [1.54, 1.807) is 60.7 Å². The molecule has 4 rings (SSSR count). The number of aliphatic carboxylic acids is 1. The van der Waals surface area contributed by atoms with Crippen LogP contribution in [0.15, 0.2) is 60.7 Å². The van der Waals surface area contributed by atoms with E-state index in [-0.39, 0.29) is 51.2 Å². The lowest BCUT2D eigenvalue weighted by Crippen LogP contribution is -2.61. The Hall–Kier alpha value is -7.14. The van der Waals surface area contributed by atoms with E-state index < -0.39 is 115 Å². The number of guanidine groups is 1. The summed E-state index contributed by atoms with van der Waals surface area (Å²) in [5, 5.41) is 48.7. The first-order valence-corrected chi connectivity index (χ1v) is 23.6. The molecule has 2 heterocycles. The molecule has 0 radical (unpaired) electrons. The van der Waals surface area contributed by atoms with Gasteiger partial charge < -0.3 is 69.1 Å². The summed E-state index contributed by atoms with van der Waals surface area (Å²) in [7, 11) is 0. The third-order valence-electron chi connectivity index (χ3n) is 12.0. The van der Waals surface area contributed by atoms with Gasteiger partial charge in [-0.2, -0.15) is 0 Å². The van der Waals surface area contributed by atoms with Gasteiger partial charge in [-0.25, -0.2) is 4.79 Å². The van der Waals surface area contributed by atoms with Gasteiger partial charge in [-0.05, 0) is 62.6 Å². The highest BCUT2D eigenvalue weighted by atomic mass is 16.4. The molecule has 23 heteroatoms. The molecular weight excluding hydrogens is 909 g/mol. The molecule has 15 N–H and O–H groups in total. The Kier molecular flexibility index (Phi) is 22.5. The van der Waals surface area contributed by atoms with Crippen molar-refractivity contribution in [2.24, 2.45) is 11.5 Å². The minimum Gasteiger partial charge on any atom is -0.480 e. The molecule has 2 aliphatic heterocycles. The van der Waals surface area contributed by atoms with Gasteiger partial charge in [-0.3, -0.25) is 43.8 Å². The average molecular weight is 977 g/mol. The lowest BCUT2D eigenvalue weighted by atomic mass is 10.0. The molecule has 23 nitrogen and oxygen atoms in total. The SMILES string of the molecule is CCCC[C@H](NC(=O)[C@H](CO)NC(=O)[C@H](CC(N)=O)NC(=O)[C@H](Cc1ccccc1)NC(=O)[C@H](Cc1ccccc1)NC(=O)[C@H](CCCNC(=N)N)NC(=O)[C@@H]1CCCN1)C(=O)N1CCC[C@@H]1C(=O)O. The summed E-state index contributed by atoms with van der Waals surface area (Å²) in [6.07, 6.45) is 2.67. The van der Waals surface area contributed by atoms with Gasteiger partial charge in [-0.15, -0.1) is 0 Å². The Labute approximate surface area is 406 Å². The predicted octanol–water partition coefficient (Wildman–Crippen LogP) is -2.47. The van der Waals surface area contributed by atoms with E-state index in [0.29, 0.717) is 49.8 Å². The van der Waals surface area contributed by atoms with Crippen LogP contribution in [0, 0.1) is 5.41 Å². The molecule has 0 aromatic heterocycles. The van der Waals surface area contributed by atoms with E-state index in [0.717, 1.165) is 6.42 Å². The summed E-state index contributed by atoms with van der Waals surface area (Å²) < 4.78 is 0. The lowest BCUT2D eigenvalue weighted by Gasteiger charge is -2.29. The van der Waals surface area contributed by atoms with Crippen molar-refractivity contribution in [3.8, 4) is 0 Å². The zero-order chi connectivity index (χ0) is 51.2. The van der Waals surface area contributed by atoms with Crippen LogP contribution < -0.4 is 54.0 Å². The number of rotatable bonds is 28. The largest absolute Gasteiger partial charge is 0.480 e. The van der Waals surface area contributed by atoms with Crippen LogP contribution in [-0.4, -0.2) is 149 Å². The molecule has 2 aliphatic rings. The fourth-order valence-corrected chi connectivity index (χ4v) is 8.22. The zero-order valence-electron chi connectivity index (χ0n) is 39.4. The molecule has 0 aliphatic carbocycles. The van der Waals surface area contributed by atoms with Crippen LogP contribution in [0.2, 0.25) is 0 Å². The number of hydrogen-bond donors (Lipinski definition) is 13. The maximum atomic E-state index is 14.4. The van der Waals surface area contributed by atoms with Gasteiger partial charge in [0.2, 0.25) is 47.3 Å². The third kappa shape index (κ3) is 17.7. The highest BCUT2D eigenvalue weighted by Crippen LogP contribution is 2.20. The third-order valence-corrected chi connectivity index (χ3v) is 12.0. The normalized spacial score (nSPS) is 17.8. The van der Waals surface area contributed by atoms with Crippen LogP contribution in [-0.2, 0) is 56.0 Å². The number of benzene rings is 2. The topological polar surface area (TPSA) is 369 Å². The van der Waals surface area contributed by atoms with Crippen molar-refractivity contribution in [3.63, 3.8) is 0 Å². The first kappa shape index (κ1) is 55.5. The van der Waals surface area contributed by atoms with Gasteiger partial charge in [0.1, 0.15) is 42.3 Å². The number of nitrogens with two attached hydrogens (primary N) is 2. The molecule has 0 spiro atoms. The Morgan fingerprint density at radius 2 is 1.20 bits per heavy atom. The van der Waals surface area contributed by atoms with Crippen molar-refractivity contribution in [1.29, 1.82) is 5.41 Å². The number of carboxylic acids is 1. The van der Waals surface area contributed by atoms with Gasteiger partial charge in [0.25, 0.3) is 0 Å². The fraction of sp³-hybridized carbons (Fsp3) is 0.532. The van der Waals surface area contributed by atoms with Crippen molar-refractivity contribution in [2.45, 2.75) is 132 Å². The summed E-state index contributed by atoms with van der Waals surface area (Å²) in [5.74, 6) is -8.13. The van der Waals surface area contributed by atoms with Crippen molar-refractivity contribution in [1.82, 2.24) is 47.4 Å². The van der Waals surface area contributed by atoms with Crippen molar-refractivity contribution in [3.05, 3.63) is 71.8 Å². The Bertz CT molecular complexity index is 2130. The first-order chi connectivity index (χ1) is 33.5. The van der Waals surface area contributed by atoms with E-state index in [1.165, 1.54) is 4.90 Å². The molecule has 2 aromatic rings. The molecule has 0 bridgehead atoms. The maximum absolute atomic E-state index is 14.4. The van der Waals surface area contributed by atoms with Crippen LogP contribution in [0.1, 0.15) is 82.3 Å². The van der Waals surface area contributed by atoms with E-state index in [9.17, 15) is 53.4 Å². The number of nitrogens with zero attached hydrogens (tertiary/aromatic N) is 1. The number of hydrogen-bond acceptors (Lipinski definition) is 12. The zero-order valence-corrected chi connectivity index (χ0v) is 39.4. The molecule has 8 amide bonds. The van der Waals surface area contributed by atoms with Crippen LogP contribution in [0.5, 0.6) is 0 Å². The number of aliphatic hydroxyl groups is 1. The minimum absolute atomic E-state index is 0.0603. The van der Waals surface area contributed by atoms with E-state index in [2.05, 4.69) is 42.5 Å². The number of amides is 8. The first-order valence-electron chi connectivity index (χ1n) is 23.6. The summed E-state index contributed by atoms with van der Waals surface area (Å²) >= 11 is 0. The second-order valence-corrected chi connectivity index (χ2v) is 17.4. The Morgan fingerprint density at radius 1 is 0.686 bits per heavy atom. The summed E-state index contributed by atoms with van der Waals surface area (Å²) in [6, 6.07) is 7.06. The van der Waals surface area contributed by atoms with Gasteiger partial charge >= 0.3 is 5.97 Å². The summed E-state index contributed by atoms with van der Waals surface area (Å²) in [5.41, 5.74) is 12.1. The van der Waals surface area contributed by atoms with Crippen LogP contribution >= 0.6 is 0 Å². The monoisotopic (exact) mass is 977 g/mol. The number of likely N-dealkylation sites (tertiary alicyclic amines) is 1. The van der Waals surface area contributed by atoms with Gasteiger partial charge in [0.15, 0.2) is 5.96 Å². The van der Waals surface area contributed by atoms with E-state index >= 15 is 0 Å². The molecule has 0 saturated carbocycles. The summed E-state index contributed by atoms with van der Waals surface area (Å²) in [6.45, 7) is 1.89. The number of nitrogens with one attached hydrogen (secondary N) is 9. The standard InChI is InChI=1S/C47H68N12O11/c1-2-3-17-32(45(68)59-23-12-20-37(59)46(69)70)54-44(67)36(27-60)58-43(66)35(26-38(48)61)57-42(65)34(25-29-15-8-5-9-16-29)56-41(64)33(24-28-13-6-4-7-14-28)55-40(63)31(19-11-22-52-47(49)50)53-39(62)30-18-10-21-51-30/h4-9,13-16,30-37,51,60H,2-3,10-12,17-27H2,1H3,(H2,48,61)(H,53,62)(H,54,67)(H,55,63)(H,56,64)(H,57,65)(H,58,66)(H,69,70)(H4,49,50,52)/t30-,31-,32-,33-,34-,35-,36-,37+/m0/s1. The van der Waals surface area contributed by atoms with E-state index in [4.69, 9.17) is 16.9 Å². The second kappa shape index (κ2) is 28.4. The number of unbranched alkanes of at least 4 members (excludes halogenated alkanes) is 1. The van der Waals surface area contributed by atoms with Crippen molar-refractivity contribution in [2.75, 3.05) is 26.2 Å². The molecule has 382 valence electrons. The van der Waals surface area contributed by atoms with Crippen molar-refractivity contribution >= 4 is 59.2 Å². The number of carbonyl (C=O) groups excluding carboxylic acids is 8. The summed E-state index contributed by atoms with van der Waals surface area (Å²) in [4.78, 5) is 122. The van der Waals surface area contributed by atoms with Gasteiger partial charge in [0.05, 0.1) is 19.1 Å². The molecule has 2 fully saturated rings. The highest BCUT2D eigenvalue weighted by Gasteiger charge is 2.39. The number of carbonyl (C=O) groups is 9. The average Bonchev–Trinajstić information content (AvgIpc) is 4.07. The smallest absolute Gasteiger partial charge is 0.326 e. The predicted molar refractivity (Wildman–Crippen MR) is 255 cm³/mol. The Balaban J connectivity index is 1.56. The molecule has 8 atom stereocenters. The molecule has 2 saturated heterocycles. The lowest BCUT2D eigenvalue weighted by molar-refractivity contribution is -0.149. The maximum Gasteiger partial charge on any atom is 0.326 e. The van der Waals surface area contributed by atoms with Crippen molar-refractivity contribution < 1.29 is 53.4 Å². The van der Waals surface area contributed by atoms with Crippen LogP contribution in [0.3, 0.4) is 0 Å². The molecule has 2 aromatic carbocycles. The quantitative estimate of drug-likeness (QED) is 0.0239. The number of carboxylic acid groups (broad SMARTS) is 1.